The lowest BCUT2D eigenvalue weighted by atomic mass is 10.1. The van der Waals surface area contributed by atoms with Gasteiger partial charge in [0.15, 0.2) is 5.69 Å². The smallest absolute Gasteiger partial charge is 0.416 e. The lowest BCUT2D eigenvalue weighted by Crippen LogP contribution is -2.09. The number of rotatable bonds is 4. The van der Waals surface area contributed by atoms with Gasteiger partial charge < -0.3 is 4.74 Å². The highest BCUT2D eigenvalue weighted by atomic mass is 32.1. The van der Waals surface area contributed by atoms with E-state index < -0.39 is 17.7 Å². The van der Waals surface area contributed by atoms with Crippen molar-refractivity contribution in [3.05, 3.63) is 40.5 Å². The Morgan fingerprint density at radius 2 is 2.13 bits per heavy atom. The minimum Gasteiger partial charge on any atom is -0.461 e. The molecule has 3 rings (SSSR count). The summed E-state index contributed by atoms with van der Waals surface area (Å²) < 4.78 is 43.8. The fraction of sp³-hybridized carbons (Fsp3) is 0.375. The Bertz CT molecular complexity index is 735. The van der Waals surface area contributed by atoms with Gasteiger partial charge in [-0.05, 0) is 43.4 Å². The van der Waals surface area contributed by atoms with Gasteiger partial charge in [-0.2, -0.15) is 13.2 Å². The third-order valence-electron chi connectivity index (χ3n) is 3.53. The molecule has 23 heavy (non-hydrogen) atoms. The molecule has 0 bridgehead atoms. The summed E-state index contributed by atoms with van der Waals surface area (Å²) in [5, 5.41) is 0.607. The lowest BCUT2D eigenvalue weighted by molar-refractivity contribution is -0.137. The number of esters is 1. The molecule has 1 fully saturated rings. The minimum absolute atomic E-state index is 0.0903. The first-order valence-electron chi connectivity index (χ1n) is 7.17. The molecule has 1 heterocycles. The number of ether oxygens (including phenoxy) is 1. The van der Waals surface area contributed by atoms with Gasteiger partial charge in [-0.1, -0.05) is 12.1 Å². The highest BCUT2D eigenvalue weighted by Crippen LogP contribution is 2.36. The van der Waals surface area contributed by atoms with Gasteiger partial charge in [0.05, 0.1) is 22.1 Å². The molecule has 0 saturated heterocycles. The number of aryl methyl sites for hydroxylation is 1. The van der Waals surface area contributed by atoms with Crippen LogP contribution in [0.15, 0.2) is 24.3 Å². The molecule has 3 nitrogen and oxygen atoms in total. The average Bonchev–Trinajstić information content (AvgIpc) is 3.24. The Kier molecular flexibility index (Phi) is 4.14. The van der Waals surface area contributed by atoms with Gasteiger partial charge in [-0.3, -0.25) is 0 Å². The number of halogens is 3. The zero-order valence-electron chi connectivity index (χ0n) is 12.3. The van der Waals surface area contributed by atoms with Gasteiger partial charge in [0, 0.05) is 0 Å². The fourth-order valence-corrected chi connectivity index (χ4v) is 3.05. The Morgan fingerprint density at radius 3 is 2.78 bits per heavy atom. The van der Waals surface area contributed by atoms with Crippen LogP contribution in [0, 0.1) is 12.8 Å². The molecule has 0 N–H and O–H groups in total. The molecule has 0 radical (unpaired) electrons. The summed E-state index contributed by atoms with van der Waals surface area (Å²) >= 11 is 1.19. The van der Waals surface area contributed by atoms with E-state index in [4.69, 9.17) is 4.74 Å². The molecule has 0 atom stereocenters. The van der Waals surface area contributed by atoms with E-state index in [-0.39, 0.29) is 5.69 Å². The van der Waals surface area contributed by atoms with Crippen molar-refractivity contribution in [2.45, 2.75) is 25.9 Å². The van der Waals surface area contributed by atoms with E-state index in [1.807, 2.05) is 0 Å². The van der Waals surface area contributed by atoms with Crippen molar-refractivity contribution in [1.29, 1.82) is 0 Å². The number of hydrogen-bond donors (Lipinski definition) is 0. The van der Waals surface area contributed by atoms with Gasteiger partial charge >= 0.3 is 12.1 Å². The van der Waals surface area contributed by atoms with Crippen LogP contribution in [0.25, 0.3) is 10.4 Å². The second-order valence-electron chi connectivity index (χ2n) is 5.53. The van der Waals surface area contributed by atoms with Crippen LogP contribution in [-0.2, 0) is 10.9 Å². The van der Waals surface area contributed by atoms with Crippen LogP contribution in [0.3, 0.4) is 0 Å². The molecule has 7 heteroatoms. The van der Waals surface area contributed by atoms with Crippen molar-refractivity contribution < 1.29 is 22.7 Å². The average molecular weight is 341 g/mol. The molecule has 1 aliphatic carbocycles. The second-order valence-corrected chi connectivity index (χ2v) is 6.73. The van der Waals surface area contributed by atoms with Crippen LogP contribution in [0.2, 0.25) is 0 Å². The predicted octanol–water partition coefficient (Wildman–Crippen LogP) is 4.70. The molecule has 122 valence electrons. The highest BCUT2D eigenvalue weighted by molar-refractivity contribution is 7.15. The van der Waals surface area contributed by atoms with Crippen molar-refractivity contribution in [2.75, 3.05) is 6.61 Å². The number of aromatic nitrogens is 1. The summed E-state index contributed by atoms with van der Waals surface area (Å²) in [7, 11) is 0. The molecule has 1 aromatic heterocycles. The monoisotopic (exact) mass is 341 g/mol. The first-order chi connectivity index (χ1) is 10.8. The summed E-state index contributed by atoms with van der Waals surface area (Å²) in [6.07, 6.45) is -2.34. The van der Waals surface area contributed by atoms with Crippen molar-refractivity contribution in [1.82, 2.24) is 4.98 Å². The van der Waals surface area contributed by atoms with Crippen LogP contribution < -0.4 is 0 Å². The third kappa shape index (κ3) is 3.72. The second kappa shape index (κ2) is 5.96. The number of thiazole rings is 1. The van der Waals surface area contributed by atoms with Crippen LogP contribution in [0.5, 0.6) is 0 Å². The zero-order valence-corrected chi connectivity index (χ0v) is 13.1. The summed E-state index contributed by atoms with van der Waals surface area (Å²) in [6, 6.07) is 4.90. The summed E-state index contributed by atoms with van der Waals surface area (Å²) in [5.74, 6) is -0.163. The van der Waals surface area contributed by atoms with E-state index >= 15 is 0 Å². The van der Waals surface area contributed by atoms with E-state index in [1.165, 1.54) is 17.4 Å². The van der Waals surface area contributed by atoms with Crippen molar-refractivity contribution in [2.24, 2.45) is 5.92 Å². The molecule has 0 amide bonds. The largest absolute Gasteiger partial charge is 0.461 e. The normalized spacial score (nSPS) is 14.8. The van der Waals surface area contributed by atoms with E-state index in [0.29, 0.717) is 28.0 Å². The minimum atomic E-state index is -4.43. The van der Waals surface area contributed by atoms with Gasteiger partial charge in [0.2, 0.25) is 0 Å². The van der Waals surface area contributed by atoms with Crippen LogP contribution in [-0.4, -0.2) is 17.6 Å². The van der Waals surface area contributed by atoms with Crippen molar-refractivity contribution in [3.63, 3.8) is 0 Å². The maximum absolute atomic E-state index is 12.9. The first kappa shape index (κ1) is 16.0. The predicted molar refractivity (Wildman–Crippen MR) is 80.3 cm³/mol. The Morgan fingerprint density at radius 1 is 1.39 bits per heavy atom. The number of benzene rings is 1. The number of nitrogens with zero attached hydrogens (tertiary/aromatic N) is 1. The van der Waals surface area contributed by atoms with E-state index in [9.17, 15) is 18.0 Å². The first-order valence-corrected chi connectivity index (χ1v) is 7.98. The number of carbonyl (C=O) groups is 1. The van der Waals surface area contributed by atoms with E-state index in [1.54, 1.807) is 13.0 Å². The van der Waals surface area contributed by atoms with Crippen LogP contribution in [0.4, 0.5) is 13.2 Å². The molecule has 0 spiro atoms. The van der Waals surface area contributed by atoms with E-state index in [2.05, 4.69) is 4.98 Å². The van der Waals surface area contributed by atoms with E-state index in [0.717, 1.165) is 25.0 Å². The molecule has 1 saturated carbocycles. The molecule has 1 aromatic carbocycles. The van der Waals surface area contributed by atoms with Crippen LogP contribution >= 0.6 is 11.3 Å². The number of alkyl halides is 3. The lowest BCUT2D eigenvalue weighted by Gasteiger charge is -2.08. The Labute approximate surface area is 135 Å². The topological polar surface area (TPSA) is 39.2 Å². The van der Waals surface area contributed by atoms with Gasteiger partial charge in [-0.15, -0.1) is 11.3 Å². The number of hydrogen-bond acceptors (Lipinski definition) is 4. The third-order valence-corrected chi connectivity index (χ3v) is 4.55. The van der Waals surface area contributed by atoms with Crippen LogP contribution in [0.1, 0.15) is 33.9 Å². The molecule has 1 aliphatic rings. The molecule has 0 unspecified atom stereocenters. The Balaban J connectivity index is 1.91. The summed E-state index contributed by atoms with van der Waals surface area (Å²) in [6.45, 7) is 2.05. The van der Waals surface area contributed by atoms with Gasteiger partial charge in [0.25, 0.3) is 0 Å². The molecular formula is C16H14F3NO2S. The van der Waals surface area contributed by atoms with Gasteiger partial charge in [-0.25, -0.2) is 9.78 Å². The maximum atomic E-state index is 12.9. The highest BCUT2D eigenvalue weighted by Gasteiger charge is 2.31. The SMILES string of the molecule is Cc1nc(C(=O)OCC2CC2)c(-c2cccc(C(F)(F)F)c2)s1. The summed E-state index contributed by atoms with van der Waals surface area (Å²) in [4.78, 5) is 16.7. The maximum Gasteiger partial charge on any atom is 0.416 e. The quantitative estimate of drug-likeness (QED) is 0.757. The number of carbonyl (C=O) groups excluding carboxylic acids is 1. The Hall–Kier alpha value is -1.89. The summed E-state index contributed by atoms with van der Waals surface area (Å²) in [5.41, 5.74) is -0.338. The molecular weight excluding hydrogens is 327 g/mol. The molecule has 0 aliphatic heterocycles. The van der Waals surface area contributed by atoms with Gasteiger partial charge in [0.1, 0.15) is 0 Å². The molecule has 2 aromatic rings. The zero-order chi connectivity index (χ0) is 16.6. The van der Waals surface area contributed by atoms with Crippen molar-refractivity contribution >= 4 is 17.3 Å². The fourth-order valence-electron chi connectivity index (χ4n) is 2.14. The van der Waals surface area contributed by atoms with Crippen molar-refractivity contribution in [3.8, 4) is 10.4 Å². The standard InChI is InChI=1S/C16H14F3NO2S/c1-9-20-13(15(21)22-8-10-5-6-10)14(23-9)11-3-2-4-12(7-11)16(17,18)19/h2-4,7,10H,5-6,8H2,1H3.